The lowest BCUT2D eigenvalue weighted by atomic mass is 10.0. The maximum atomic E-state index is 13.2. The van der Waals surface area contributed by atoms with E-state index in [1.165, 1.54) is 22.8 Å². The quantitative estimate of drug-likeness (QED) is 0.587. The Bertz CT molecular complexity index is 1010. The third-order valence-electron chi connectivity index (χ3n) is 4.05. The number of pyridine rings is 1. The lowest BCUT2D eigenvalue weighted by molar-refractivity contribution is 0.0526. The number of halogens is 1. The largest absolute Gasteiger partial charge is 0.462 e. The lowest BCUT2D eigenvalue weighted by Gasteiger charge is -2.12. The molecule has 0 aliphatic carbocycles. The van der Waals surface area contributed by atoms with E-state index in [0.717, 1.165) is 16.7 Å². The highest BCUT2D eigenvalue weighted by Crippen LogP contribution is 2.23. The Morgan fingerprint density at radius 3 is 2.39 bits per heavy atom. The highest BCUT2D eigenvalue weighted by molar-refractivity contribution is 5.90. The van der Waals surface area contributed by atoms with Crippen LogP contribution in [-0.4, -0.2) is 17.1 Å². The van der Waals surface area contributed by atoms with Crippen molar-refractivity contribution in [3.8, 4) is 16.8 Å². The van der Waals surface area contributed by atoms with Crippen molar-refractivity contribution in [2.24, 2.45) is 0 Å². The minimum Gasteiger partial charge on any atom is -0.462 e. The van der Waals surface area contributed by atoms with Gasteiger partial charge in [-0.25, -0.2) is 9.18 Å². The van der Waals surface area contributed by atoms with Crippen LogP contribution < -0.4 is 5.56 Å². The number of esters is 1. The number of carbonyl (C=O) groups excluding carboxylic acids is 1. The SMILES string of the molecule is CC.CCOC(=O)c1cccc(-n2cc(-c3ccc(F)cc3)c(C)cc2=O)c1. The predicted molar refractivity (Wildman–Crippen MR) is 109 cm³/mol. The fourth-order valence-electron chi connectivity index (χ4n) is 2.76. The molecule has 0 saturated heterocycles. The van der Waals surface area contributed by atoms with Crippen LogP contribution >= 0.6 is 0 Å². The molecule has 0 amide bonds. The van der Waals surface area contributed by atoms with Gasteiger partial charge < -0.3 is 4.74 Å². The molecule has 0 saturated carbocycles. The summed E-state index contributed by atoms with van der Waals surface area (Å²) in [5, 5.41) is 0. The number of benzene rings is 2. The number of aromatic nitrogens is 1. The van der Waals surface area contributed by atoms with Crippen molar-refractivity contribution >= 4 is 5.97 Å². The highest BCUT2D eigenvalue weighted by Gasteiger charge is 2.11. The second kappa shape index (κ2) is 9.65. The van der Waals surface area contributed by atoms with E-state index in [-0.39, 0.29) is 18.0 Å². The Morgan fingerprint density at radius 1 is 1.07 bits per heavy atom. The van der Waals surface area contributed by atoms with E-state index in [1.807, 2.05) is 20.8 Å². The first kappa shape index (κ1) is 21.1. The van der Waals surface area contributed by atoms with Crippen molar-refractivity contribution in [2.75, 3.05) is 6.61 Å². The zero-order chi connectivity index (χ0) is 20.7. The number of nitrogens with zero attached hydrogens (tertiary/aromatic N) is 1. The second-order valence-corrected chi connectivity index (χ2v) is 5.86. The van der Waals surface area contributed by atoms with E-state index in [4.69, 9.17) is 4.74 Å². The van der Waals surface area contributed by atoms with E-state index in [1.54, 1.807) is 49.5 Å². The Morgan fingerprint density at radius 2 is 1.75 bits per heavy atom. The Hall–Kier alpha value is -3.21. The van der Waals surface area contributed by atoms with Crippen LogP contribution in [0.1, 0.15) is 36.7 Å². The monoisotopic (exact) mass is 381 g/mol. The molecule has 3 rings (SSSR count). The van der Waals surface area contributed by atoms with E-state index < -0.39 is 5.97 Å². The summed E-state index contributed by atoms with van der Waals surface area (Å²) in [4.78, 5) is 24.4. The van der Waals surface area contributed by atoms with Gasteiger partial charge in [0.1, 0.15) is 5.82 Å². The molecule has 0 fully saturated rings. The smallest absolute Gasteiger partial charge is 0.338 e. The molecule has 1 heterocycles. The molecule has 0 spiro atoms. The molecule has 0 aliphatic heterocycles. The van der Waals surface area contributed by atoms with Gasteiger partial charge in [-0.3, -0.25) is 9.36 Å². The normalized spacial score (nSPS) is 10.0. The third-order valence-corrected chi connectivity index (χ3v) is 4.05. The first-order chi connectivity index (χ1) is 13.5. The van der Waals surface area contributed by atoms with Gasteiger partial charge in [-0.1, -0.05) is 32.0 Å². The number of hydrogen-bond acceptors (Lipinski definition) is 3. The van der Waals surface area contributed by atoms with Crippen molar-refractivity contribution in [1.82, 2.24) is 4.57 Å². The minimum absolute atomic E-state index is 0.214. The van der Waals surface area contributed by atoms with Crippen LogP contribution in [-0.2, 0) is 4.74 Å². The number of hydrogen-bond donors (Lipinski definition) is 0. The topological polar surface area (TPSA) is 48.3 Å². The summed E-state index contributed by atoms with van der Waals surface area (Å²) < 4.78 is 19.7. The van der Waals surface area contributed by atoms with Crippen molar-refractivity contribution in [3.05, 3.63) is 88.1 Å². The molecular formula is C23H24FNO3. The van der Waals surface area contributed by atoms with E-state index in [2.05, 4.69) is 0 Å². The third kappa shape index (κ3) is 4.74. The average Bonchev–Trinajstić information content (AvgIpc) is 2.71. The van der Waals surface area contributed by atoms with Gasteiger partial charge in [-0.2, -0.15) is 0 Å². The van der Waals surface area contributed by atoms with Crippen LogP contribution in [0.3, 0.4) is 0 Å². The summed E-state index contributed by atoms with van der Waals surface area (Å²) in [6, 6.07) is 14.3. The van der Waals surface area contributed by atoms with Crippen LogP contribution in [0.2, 0.25) is 0 Å². The molecule has 0 bridgehead atoms. The van der Waals surface area contributed by atoms with E-state index in [0.29, 0.717) is 11.3 Å². The summed E-state index contributed by atoms with van der Waals surface area (Å²) >= 11 is 0. The van der Waals surface area contributed by atoms with Crippen LogP contribution in [0.4, 0.5) is 4.39 Å². The molecule has 1 aromatic heterocycles. The number of aryl methyl sites for hydroxylation is 1. The molecule has 4 nitrogen and oxygen atoms in total. The first-order valence-electron chi connectivity index (χ1n) is 9.26. The standard InChI is InChI=1S/C21H18FNO3.C2H6/c1-3-26-21(25)16-5-4-6-18(12-16)23-13-19(14(2)11-20(23)24)15-7-9-17(22)10-8-15;1-2/h4-13H,3H2,1-2H3;1-2H3. The summed E-state index contributed by atoms with van der Waals surface area (Å²) in [7, 11) is 0. The highest BCUT2D eigenvalue weighted by atomic mass is 19.1. The second-order valence-electron chi connectivity index (χ2n) is 5.86. The molecule has 5 heteroatoms. The molecule has 0 N–H and O–H groups in total. The molecule has 146 valence electrons. The lowest BCUT2D eigenvalue weighted by Crippen LogP contribution is -2.18. The molecule has 0 unspecified atom stereocenters. The van der Waals surface area contributed by atoms with Gasteiger partial charge in [0.15, 0.2) is 0 Å². The molecule has 0 radical (unpaired) electrons. The molecule has 0 atom stereocenters. The fraction of sp³-hybridized carbons (Fsp3) is 0.217. The zero-order valence-electron chi connectivity index (χ0n) is 16.5. The number of carbonyl (C=O) groups is 1. The Kier molecular flexibility index (Phi) is 7.27. The molecule has 3 aromatic rings. The first-order valence-corrected chi connectivity index (χ1v) is 9.26. The van der Waals surface area contributed by atoms with Gasteiger partial charge in [0, 0.05) is 23.5 Å². The van der Waals surface area contributed by atoms with Crippen molar-refractivity contribution in [1.29, 1.82) is 0 Å². The molecular weight excluding hydrogens is 357 g/mol. The fourth-order valence-corrected chi connectivity index (χ4v) is 2.76. The Labute approximate surface area is 164 Å². The molecule has 0 aliphatic rings. The van der Waals surface area contributed by atoms with Gasteiger partial charge >= 0.3 is 5.97 Å². The minimum atomic E-state index is -0.437. The van der Waals surface area contributed by atoms with Crippen molar-refractivity contribution < 1.29 is 13.9 Å². The van der Waals surface area contributed by atoms with Gasteiger partial charge in [-0.05, 0) is 55.3 Å². The van der Waals surface area contributed by atoms with Gasteiger partial charge in [-0.15, -0.1) is 0 Å². The summed E-state index contributed by atoms with van der Waals surface area (Å²) in [6.45, 7) is 7.85. The van der Waals surface area contributed by atoms with Crippen LogP contribution in [0.5, 0.6) is 0 Å². The van der Waals surface area contributed by atoms with Gasteiger partial charge in [0.05, 0.1) is 12.2 Å². The van der Waals surface area contributed by atoms with E-state index in [9.17, 15) is 14.0 Å². The molecule has 2 aromatic carbocycles. The van der Waals surface area contributed by atoms with Crippen molar-refractivity contribution in [3.63, 3.8) is 0 Å². The summed E-state index contributed by atoms with van der Waals surface area (Å²) in [5.74, 6) is -0.755. The maximum Gasteiger partial charge on any atom is 0.338 e. The zero-order valence-corrected chi connectivity index (χ0v) is 16.5. The number of ether oxygens (including phenoxy) is 1. The summed E-state index contributed by atoms with van der Waals surface area (Å²) in [5.41, 5.74) is 3.13. The Balaban J connectivity index is 0.00000136. The average molecular weight is 381 g/mol. The van der Waals surface area contributed by atoms with Gasteiger partial charge in [0.2, 0.25) is 0 Å². The number of rotatable bonds is 4. The van der Waals surface area contributed by atoms with E-state index >= 15 is 0 Å². The van der Waals surface area contributed by atoms with Gasteiger partial charge in [0.25, 0.3) is 5.56 Å². The van der Waals surface area contributed by atoms with Crippen LogP contribution in [0.25, 0.3) is 16.8 Å². The summed E-state index contributed by atoms with van der Waals surface area (Å²) in [6.07, 6.45) is 1.70. The van der Waals surface area contributed by atoms with Crippen LogP contribution in [0, 0.1) is 12.7 Å². The van der Waals surface area contributed by atoms with Crippen molar-refractivity contribution in [2.45, 2.75) is 27.7 Å². The molecule has 28 heavy (non-hydrogen) atoms. The maximum absolute atomic E-state index is 13.2. The van der Waals surface area contributed by atoms with Crippen LogP contribution in [0.15, 0.2) is 65.6 Å². The predicted octanol–water partition coefficient (Wildman–Crippen LogP) is 5.15.